The molecule has 0 fully saturated rings. The summed E-state index contributed by atoms with van der Waals surface area (Å²) in [4.78, 5) is 9.38. The molecule has 0 saturated heterocycles. The Morgan fingerprint density at radius 2 is 1.45 bits per heavy atom. The number of hydrogen-bond acceptors (Lipinski definition) is 1. The van der Waals surface area contributed by atoms with Gasteiger partial charge in [-0.15, -0.1) is 0 Å². The van der Waals surface area contributed by atoms with Gasteiger partial charge in [0.25, 0.3) is 0 Å². The van der Waals surface area contributed by atoms with E-state index in [-0.39, 0.29) is 0 Å². The zero-order valence-corrected chi connectivity index (χ0v) is 14.6. The van der Waals surface area contributed by atoms with Gasteiger partial charge < -0.3 is 0 Å². The molecule has 0 rings (SSSR count). The highest BCUT2D eigenvalue weighted by Gasteiger charge is 2.03. The maximum absolute atomic E-state index is 9.38. The van der Waals surface area contributed by atoms with Gasteiger partial charge in [-0.3, -0.25) is 4.79 Å². The minimum absolute atomic E-state index is 0.532. The SMILES string of the molecule is CCC(=[OH+])SCC=C(C)CCC=C(C)CCC=C(C)C. The fourth-order valence-corrected chi connectivity index (χ4v) is 2.49. The van der Waals surface area contributed by atoms with Crippen LogP contribution < -0.4 is 0 Å². The Kier molecular flexibility index (Phi) is 11.6. The highest BCUT2D eigenvalue weighted by atomic mass is 32.2. The number of thioether (sulfide) groups is 1. The third-order valence-electron chi connectivity index (χ3n) is 3.11. The summed E-state index contributed by atoms with van der Waals surface area (Å²) in [6.45, 7) is 10.7. The lowest BCUT2D eigenvalue weighted by Crippen LogP contribution is -1.89. The Bertz CT molecular complexity index is 371. The first-order valence-electron chi connectivity index (χ1n) is 7.57. The Morgan fingerprint density at radius 3 is 2.00 bits per heavy atom. The standard InChI is InChI=1S/C18H30OS/c1-6-18(19)20-14-13-17(5)12-8-11-16(4)10-7-9-15(2)3/h9,11,13H,6-8,10,12,14H2,1-5H3/p+1. The quantitative estimate of drug-likeness (QED) is 0.374. The molecular weight excluding hydrogens is 264 g/mol. The summed E-state index contributed by atoms with van der Waals surface area (Å²) in [6.07, 6.45) is 12.2. The Balaban J connectivity index is 3.88. The molecule has 0 unspecified atom stereocenters. The molecule has 0 saturated carbocycles. The fourth-order valence-electron chi connectivity index (χ4n) is 1.72. The van der Waals surface area contributed by atoms with Crippen LogP contribution in [0.2, 0.25) is 0 Å². The Labute approximate surface area is 129 Å². The largest absolute Gasteiger partial charge is 0.350 e. The van der Waals surface area contributed by atoms with Gasteiger partial charge in [0, 0.05) is 5.75 Å². The van der Waals surface area contributed by atoms with E-state index >= 15 is 0 Å². The van der Waals surface area contributed by atoms with E-state index in [1.807, 2.05) is 6.92 Å². The van der Waals surface area contributed by atoms with Crippen LogP contribution in [0.25, 0.3) is 0 Å². The second-order valence-corrected chi connectivity index (χ2v) is 6.61. The molecule has 2 heteroatoms. The van der Waals surface area contributed by atoms with E-state index < -0.39 is 0 Å². The van der Waals surface area contributed by atoms with Gasteiger partial charge in [0.2, 0.25) is 0 Å². The van der Waals surface area contributed by atoms with Crippen LogP contribution in [0, 0.1) is 0 Å². The van der Waals surface area contributed by atoms with E-state index in [9.17, 15) is 4.79 Å². The van der Waals surface area contributed by atoms with E-state index in [4.69, 9.17) is 0 Å². The molecule has 0 aliphatic heterocycles. The van der Waals surface area contributed by atoms with Gasteiger partial charge in [-0.05, 0) is 65.1 Å². The molecule has 0 atom stereocenters. The maximum Gasteiger partial charge on any atom is 0.350 e. The van der Waals surface area contributed by atoms with Crippen molar-refractivity contribution >= 4 is 16.9 Å². The van der Waals surface area contributed by atoms with Crippen LogP contribution in [-0.2, 0) is 0 Å². The number of carbonyl (C=O) groups excluding carboxylic acids is 1. The van der Waals surface area contributed by atoms with Crippen molar-refractivity contribution in [2.75, 3.05) is 5.75 Å². The average Bonchev–Trinajstić information content (AvgIpc) is 2.38. The average molecular weight is 296 g/mol. The van der Waals surface area contributed by atoms with Gasteiger partial charge in [-0.2, -0.15) is 0 Å². The zero-order chi connectivity index (χ0) is 15.4. The van der Waals surface area contributed by atoms with Crippen molar-refractivity contribution in [1.82, 2.24) is 0 Å². The van der Waals surface area contributed by atoms with Crippen molar-refractivity contribution < 1.29 is 4.79 Å². The maximum atomic E-state index is 9.38. The van der Waals surface area contributed by atoms with Crippen molar-refractivity contribution in [2.24, 2.45) is 0 Å². The number of allylic oxidation sites excluding steroid dienone is 5. The van der Waals surface area contributed by atoms with E-state index in [1.165, 1.54) is 34.9 Å². The topological polar surface area (TPSA) is 21.4 Å². The second-order valence-electron chi connectivity index (χ2n) is 5.52. The molecule has 0 spiro atoms. The lowest BCUT2D eigenvalue weighted by atomic mass is 10.1. The van der Waals surface area contributed by atoms with Gasteiger partial charge in [-0.25, -0.2) is 0 Å². The van der Waals surface area contributed by atoms with Gasteiger partial charge >= 0.3 is 5.12 Å². The highest BCUT2D eigenvalue weighted by molar-refractivity contribution is 8.13. The van der Waals surface area contributed by atoms with Crippen LogP contribution in [0.15, 0.2) is 34.9 Å². The van der Waals surface area contributed by atoms with Gasteiger partial charge in [0.05, 0.1) is 6.42 Å². The molecule has 114 valence electrons. The molecule has 0 aliphatic rings. The molecule has 0 aromatic rings. The molecule has 0 bridgehead atoms. The van der Waals surface area contributed by atoms with Crippen LogP contribution in [0.1, 0.15) is 66.7 Å². The molecule has 0 aliphatic carbocycles. The minimum Gasteiger partial charge on any atom is -0.272 e. The number of rotatable bonds is 9. The summed E-state index contributed by atoms with van der Waals surface area (Å²) in [6, 6.07) is 0. The van der Waals surface area contributed by atoms with Crippen molar-refractivity contribution in [3.63, 3.8) is 0 Å². The monoisotopic (exact) mass is 295 g/mol. The van der Waals surface area contributed by atoms with Crippen molar-refractivity contribution in [3.8, 4) is 0 Å². The van der Waals surface area contributed by atoms with E-state index in [1.54, 1.807) is 0 Å². The minimum atomic E-state index is 0.532. The molecule has 0 amide bonds. The van der Waals surface area contributed by atoms with Crippen LogP contribution in [0.4, 0.5) is 0 Å². The molecular formula is C18H31OS+. The fraction of sp³-hybridized carbons (Fsp3) is 0.611. The zero-order valence-electron chi connectivity index (χ0n) is 13.8. The first-order valence-corrected chi connectivity index (χ1v) is 8.56. The third kappa shape index (κ3) is 12.3. The van der Waals surface area contributed by atoms with Crippen LogP contribution >= 0.6 is 11.8 Å². The lowest BCUT2D eigenvalue weighted by molar-refractivity contribution is 0.677. The molecule has 0 aromatic carbocycles. The summed E-state index contributed by atoms with van der Waals surface area (Å²) in [5, 5.41) is 0.532. The summed E-state index contributed by atoms with van der Waals surface area (Å²) >= 11 is 1.53. The summed E-state index contributed by atoms with van der Waals surface area (Å²) in [5.41, 5.74) is 4.30. The molecule has 0 radical (unpaired) electrons. The van der Waals surface area contributed by atoms with Gasteiger partial charge in [0.15, 0.2) is 0 Å². The highest BCUT2D eigenvalue weighted by Crippen LogP contribution is 2.13. The predicted octanol–water partition coefficient (Wildman–Crippen LogP) is 6.05. The normalized spacial score (nSPS) is 12.4. The summed E-state index contributed by atoms with van der Waals surface area (Å²) < 4.78 is 0. The predicted molar refractivity (Wildman–Crippen MR) is 95.1 cm³/mol. The first-order chi connectivity index (χ1) is 9.45. The first kappa shape index (κ1) is 19.2. The van der Waals surface area contributed by atoms with Crippen LogP contribution in [0.5, 0.6) is 0 Å². The second kappa shape index (κ2) is 12.0. The van der Waals surface area contributed by atoms with Crippen molar-refractivity contribution in [2.45, 2.75) is 66.7 Å². The molecule has 20 heavy (non-hydrogen) atoms. The molecule has 1 N–H and O–H groups in total. The third-order valence-corrected chi connectivity index (χ3v) is 4.06. The Morgan fingerprint density at radius 1 is 0.900 bits per heavy atom. The number of hydrogen-bond donors (Lipinski definition) is 0. The van der Waals surface area contributed by atoms with Crippen LogP contribution in [-0.4, -0.2) is 15.7 Å². The van der Waals surface area contributed by atoms with E-state index in [0.29, 0.717) is 5.12 Å². The van der Waals surface area contributed by atoms with Gasteiger partial charge in [0.1, 0.15) is 0 Å². The van der Waals surface area contributed by atoms with Crippen molar-refractivity contribution in [3.05, 3.63) is 34.9 Å². The smallest absolute Gasteiger partial charge is 0.272 e. The van der Waals surface area contributed by atoms with E-state index in [0.717, 1.165) is 31.4 Å². The molecule has 1 nitrogen and oxygen atoms in total. The lowest BCUT2D eigenvalue weighted by Gasteiger charge is -2.01. The Hall–Kier alpha value is -0.760. The molecule has 0 heterocycles. The molecule has 0 aromatic heterocycles. The van der Waals surface area contributed by atoms with E-state index in [2.05, 4.69) is 45.9 Å². The van der Waals surface area contributed by atoms with Gasteiger partial charge in [-0.1, -0.05) is 41.9 Å². The summed E-state index contributed by atoms with van der Waals surface area (Å²) in [7, 11) is 0. The summed E-state index contributed by atoms with van der Waals surface area (Å²) in [5.74, 6) is 0.884. The van der Waals surface area contributed by atoms with Crippen LogP contribution in [0.3, 0.4) is 0 Å². The van der Waals surface area contributed by atoms with Crippen molar-refractivity contribution in [1.29, 1.82) is 0 Å².